The van der Waals surface area contributed by atoms with E-state index >= 15 is 0 Å². The number of nitrogens with two attached hydrogens (primary N) is 1. The smallest absolute Gasteiger partial charge is 0.323 e. The molecule has 5 nitrogen and oxygen atoms in total. The molecule has 0 fully saturated rings. The van der Waals surface area contributed by atoms with Crippen LogP contribution >= 0.6 is 0 Å². The van der Waals surface area contributed by atoms with E-state index in [1.54, 1.807) is 18.2 Å². The molecule has 1 aromatic rings. The number of carbonyl (C=O) groups is 1. The first kappa shape index (κ1) is 19.2. The van der Waals surface area contributed by atoms with Crippen LogP contribution < -0.4 is 15.2 Å². The van der Waals surface area contributed by atoms with Crippen molar-refractivity contribution in [3.63, 3.8) is 0 Å². The number of carboxylic acid groups (broad SMARTS) is 1. The maximum absolute atomic E-state index is 12.2. The van der Waals surface area contributed by atoms with Crippen molar-refractivity contribution in [3.8, 4) is 11.5 Å². The summed E-state index contributed by atoms with van der Waals surface area (Å²) < 4.78 is 23.2. The minimum atomic E-state index is -1.42. The van der Waals surface area contributed by atoms with Crippen molar-refractivity contribution in [2.45, 2.75) is 45.1 Å². The molecule has 0 aliphatic rings. The number of benzene rings is 1. The Balaban J connectivity index is 2.91. The first-order chi connectivity index (χ1) is 10.9. The molecule has 0 saturated carbocycles. The zero-order valence-corrected chi connectivity index (χ0v) is 13.8. The number of alkyl halides is 1. The van der Waals surface area contributed by atoms with Crippen molar-refractivity contribution in [3.05, 3.63) is 23.8 Å². The van der Waals surface area contributed by atoms with Crippen LogP contribution in [0, 0.1) is 0 Å². The third-order valence-corrected chi connectivity index (χ3v) is 3.43. The van der Waals surface area contributed by atoms with Gasteiger partial charge in [0.2, 0.25) is 0 Å². The first-order valence-electron chi connectivity index (χ1n) is 7.87. The lowest BCUT2D eigenvalue weighted by molar-refractivity contribution is -0.142. The number of unbranched alkanes of at least 4 members (excludes halogenated alkanes) is 2. The van der Waals surface area contributed by atoms with Gasteiger partial charge in [-0.05, 0) is 31.5 Å². The van der Waals surface area contributed by atoms with Crippen LogP contribution in [0.5, 0.6) is 11.5 Å². The fourth-order valence-electron chi connectivity index (χ4n) is 2.09. The second-order valence-corrected chi connectivity index (χ2v) is 5.76. The quantitative estimate of drug-likeness (QED) is 0.611. The van der Waals surface area contributed by atoms with E-state index < -0.39 is 18.2 Å². The predicted octanol–water partition coefficient (Wildman–Crippen LogP) is 2.95. The average molecular weight is 327 g/mol. The summed E-state index contributed by atoms with van der Waals surface area (Å²) in [7, 11) is 0. The summed E-state index contributed by atoms with van der Waals surface area (Å²) in [5.74, 6) is -0.0316. The Labute approximate surface area is 136 Å². The molecule has 0 heterocycles. The maximum Gasteiger partial charge on any atom is 0.323 e. The molecule has 23 heavy (non-hydrogen) atoms. The summed E-state index contributed by atoms with van der Waals surface area (Å²) in [4.78, 5) is 11.2. The van der Waals surface area contributed by atoms with Gasteiger partial charge in [0.05, 0.1) is 6.61 Å². The second-order valence-electron chi connectivity index (χ2n) is 5.76. The fourth-order valence-corrected chi connectivity index (χ4v) is 2.09. The highest BCUT2D eigenvalue weighted by Crippen LogP contribution is 2.28. The van der Waals surface area contributed by atoms with E-state index in [9.17, 15) is 14.3 Å². The molecule has 6 heteroatoms. The molecule has 0 radical (unpaired) electrons. The molecule has 0 saturated heterocycles. The Morgan fingerprint density at radius 1 is 1.30 bits per heavy atom. The molecule has 1 unspecified atom stereocenters. The minimum Gasteiger partial charge on any atom is -0.493 e. The van der Waals surface area contributed by atoms with Crippen LogP contribution in [0.4, 0.5) is 4.39 Å². The normalized spacial score (nSPS) is 13.4. The van der Waals surface area contributed by atoms with Crippen LogP contribution in [0.2, 0.25) is 0 Å². The Kier molecular flexibility index (Phi) is 7.81. The Morgan fingerprint density at radius 2 is 2.04 bits per heavy atom. The number of aliphatic carboxylic acids is 1. The van der Waals surface area contributed by atoms with Gasteiger partial charge in [0.1, 0.15) is 30.3 Å². The van der Waals surface area contributed by atoms with Gasteiger partial charge in [0.15, 0.2) is 0 Å². The van der Waals surface area contributed by atoms with Crippen molar-refractivity contribution in [1.82, 2.24) is 0 Å². The second kappa shape index (κ2) is 9.35. The maximum atomic E-state index is 12.2. The van der Waals surface area contributed by atoms with Crippen LogP contribution in [-0.2, 0) is 11.2 Å². The summed E-state index contributed by atoms with van der Waals surface area (Å²) in [6.07, 6.45) is 3.18. The monoisotopic (exact) mass is 327 g/mol. The van der Waals surface area contributed by atoms with Crippen molar-refractivity contribution in [2.24, 2.45) is 5.73 Å². The van der Waals surface area contributed by atoms with Gasteiger partial charge in [-0.15, -0.1) is 0 Å². The van der Waals surface area contributed by atoms with E-state index in [2.05, 4.69) is 6.92 Å². The molecular formula is C17H26FNO4. The van der Waals surface area contributed by atoms with Gasteiger partial charge in [0, 0.05) is 12.0 Å². The Hall–Kier alpha value is -1.82. The summed E-state index contributed by atoms with van der Waals surface area (Å²) in [6.45, 7) is 3.48. The summed E-state index contributed by atoms with van der Waals surface area (Å²) in [5.41, 5.74) is 5.06. The summed E-state index contributed by atoms with van der Waals surface area (Å²) >= 11 is 0. The minimum absolute atomic E-state index is 0.0467. The van der Waals surface area contributed by atoms with Gasteiger partial charge >= 0.3 is 5.97 Å². The summed E-state index contributed by atoms with van der Waals surface area (Å²) in [5, 5.41) is 9.20. The average Bonchev–Trinajstić information content (AvgIpc) is 2.50. The number of hydrogen-bond acceptors (Lipinski definition) is 4. The lowest BCUT2D eigenvalue weighted by Gasteiger charge is -2.21. The molecule has 1 atom stereocenters. The number of rotatable bonds is 11. The molecular weight excluding hydrogens is 301 g/mol. The SMILES string of the molecule is CCCCCOc1ccc(OCCF)cc1CC(C)(N)C(=O)O. The van der Waals surface area contributed by atoms with E-state index in [1.165, 1.54) is 6.92 Å². The molecule has 1 aromatic carbocycles. The van der Waals surface area contributed by atoms with Crippen LogP contribution in [-0.4, -0.2) is 36.5 Å². The zero-order chi connectivity index (χ0) is 17.3. The van der Waals surface area contributed by atoms with Crippen LogP contribution in [0.15, 0.2) is 18.2 Å². The van der Waals surface area contributed by atoms with Gasteiger partial charge in [-0.3, -0.25) is 4.79 Å². The van der Waals surface area contributed by atoms with Crippen LogP contribution in [0.3, 0.4) is 0 Å². The largest absolute Gasteiger partial charge is 0.493 e. The van der Waals surface area contributed by atoms with Crippen molar-refractivity contribution in [1.29, 1.82) is 0 Å². The molecule has 0 aliphatic carbocycles. The van der Waals surface area contributed by atoms with Crippen molar-refractivity contribution < 1.29 is 23.8 Å². The standard InChI is InChI=1S/C17H26FNO4/c1-3-4-5-9-23-15-7-6-14(22-10-8-18)11-13(15)12-17(2,19)16(20)21/h6-7,11H,3-5,8-10,12,19H2,1-2H3,(H,20,21). The summed E-state index contributed by atoms with van der Waals surface area (Å²) in [6, 6.07) is 5.06. The molecule has 0 bridgehead atoms. The third-order valence-electron chi connectivity index (χ3n) is 3.43. The van der Waals surface area contributed by atoms with E-state index in [-0.39, 0.29) is 13.0 Å². The predicted molar refractivity (Wildman–Crippen MR) is 86.9 cm³/mol. The number of ether oxygens (including phenoxy) is 2. The highest BCUT2D eigenvalue weighted by atomic mass is 19.1. The van der Waals surface area contributed by atoms with E-state index in [0.717, 1.165) is 19.3 Å². The van der Waals surface area contributed by atoms with Gasteiger partial charge in [0.25, 0.3) is 0 Å². The van der Waals surface area contributed by atoms with E-state index in [1.807, 2.05) is 0 Å². The number of hydrogen-bond donors (Lipinski definition) is 2. The molecule has 0 aliphatic heterocycles. The molecule has 0 aromatic heterocycles. The third kappa shape index (κ3) is 6.44. The topological polar surface area (TPSA) is 81.8 Å². The highest BCUT2D eigenvalue weighted by molar-refractivity contribution is 5.78. The lowest BCUT2D eigenvalue weighted by Crippen LogP contribution is -2.46. The highest BCUT2D eigenvalue weighted by Gasteiger charge is 2.29. The molecule has 0 spiro atoms. The Morgan fingerprint density at radius 3 is 2.65 bits per heavy atom. The first-order valence-corrected chi connectivity index (χ1v) is 7.87. The Bertz CT molecular complexity index is 505. The fraction of sp³-hybridized carbons (Fsp3) is 0.588. The van der Waals surface area contributed by atoms with Gasteiger partial charge in [-0.1, -0.05) is 19.8 Å². The zero-order valence-electron chi connectivity index (χ0n) is 13.8. The molecule has 0 amide bonds. The van der Waals surface area contributed by atoms with Gasteiger partial charge in [-0.2, -0.15) is 0 Å². The van der Waals surface area contributed by atoms with Crippen LogP contribution in [0.25, 0.3) is 0 Å². The molecule has 1 rings (SSSR count). The number of carboxylic acids is 1. The van der Waals surface area contributed by atoms with Crippen molar-refractivity contribution in [2.75, 3.05) is 19.9 Å². The van der Waals surface area contributed by atoms with Crippen molar-refractivity contribution >= 4 is 5.97 Å². The van der Waals surface area contributed by atoms with Crippen LogP contribution in [0.1, 0.15) is 38.7 Å². The lowest BCUT2D eigenvalue weighted by atomic mass is 9.93. The van der Waals surface area contributed by atoms with E-state index in [4.69, 9.17) is 15.2 Å². The van der Waals surface area contributed by atoms with Gasteiger partial charge < -0.3 is 20.3 Å². The van der Waals surface area contributed by atoms with E-state index in [0.29, 0.717) is 23.7 Å². The molecule has 130 valence electrons. The number of halogens is 1. The van der Waals surface area contributed by atoms with Gasteiger partial charge in [-0.25, -0.2) is 4.39 Å². The molecule has 3 N–H and O–H groups in total.